The number of likely N-dealkylation sites (N-methyl/N-ethyl adjacent to an activating group) is 1. The van der Waals surface area contributed by atoms with Crippen LogP contribution in [0.25, 0.3) is 0 Å². The van der Waals surface area contributed by atoms with Gasteiger partial charge in [0.1, 0.15) is 0 Å². The summed E-state index contributed by atoms with van der Waals surface area (Å²) < 4.78 is 0. The van der Waals surface area contributed by atoms with Crippen molar-refractivity contribution in [2.75, 3.05) is 23.4 Å². The number of rotatable bonds is 5. The highest BCUT2D eigenvalue weighted by molar-refractivity contribution is 6.22. The zero-order chi connectivity index (χ0) is 21.0. The van der Waals surface area contributed by atoms with E-state index >= 15 is 0 Å². The molecule has 0 atom stereocenters. The van der Waals surface area contributed by atoms with Gasteiger partial charge in [-0.3, -0.25) is 9.59 Å². The predicted molar refractivity (Wildman–Crippen MR) is 119 cm³/mol. The summed E-state index contributed by atoms with van der Waals surface area (Å²) in [5.41, 5.74) is 5.01. The third-order valence-corrected chi connectivity index (χ3v) is 4.98. The smallest absolute Gasteiger partial charge is 0.265 e. The van der Waals surface area contributed by atoms with E-state index in [0.29, 0.717) is 11.3 Å². The van der Waals surface area contributed by atoms with E-state index in [0.717, 1.165) is 22.4 Å². The number of carbonyl (C=O) groups is 2. The van der Waals surface area contributed by atoms with E-state index in [1.807, 2.05) is 81.2 Å². The number of imide groups is 1. The third kappa shape index (κ3) is 4.54. The van der Waals surface area contributed by atoms with Crippen LogP contribution in [0.1, 0.15) is 27.0 Å². The fraction of sp³-hybridized carbons (Fsp3) is 0.200. The molecule has 3 aromatic carbocycles. The average Bonchev–Trinajstić information content (AvgIpc) is 2.71. The van der Waals surface area contributed by atoms with Crippen molar-refractivity contribution in [2.24, 2.45) is 0 Å². The second-order valence-electron chi connectivity index (χ2n) is 7.33. The molecule has 0 aliphatic carbocycles. The van der Waals surface area contributed by atoms with Gasteiger partial charge in [0.2, 0.25) is 0 Å². The molecule has 0 saturated heterocycles. The predicted octanol–water partition coefficient (Wildman–Crippen LogP) is 4.92. The molecular formula is C25H26N2O2. The van der Waals surface area contributed by atoms with Gasteiger partial charge < -0.3 is 4.90 Å². The van der Waals surface area contributed by atoms with Gasteiger partial charge in [0, 0.05) is 18.3 Å². The van der Waals surface area contributed by atoms with E-state index in [1.54, 1.807) is 24.3 Å². The number of para-hydroxylation sites is 1. The van der Waals surface area contributed by atoms with E-state index in [-0.39, 0.29) is 18.4 Å². The minimum absolute atomic E-state index is 0.0927. The number of hydrogen-bond acceptors (Lipinski definition) is 3. The van der Waals surface area contributed by atoms with Crippen LogP contribution >= 0.6 is 0 Å². The first-order valence-electron chi connectivity index (χ1n) is 9.65. The molecule has 0 heterocycles. The van der Waals surface area contributed by atoms with E-state index in [9.17, 15) is 9.59 Å². The molecule has 0 aromatic heterocycles. The SMILES string of the molecule is Cc1ccc(N(C)CC(=O)N(C(=O)c2ccccc2)c2c(C)cccc2C)cc1. The average molecular weight is 386 g/mol. The minimum atomic E-state index is -0.315. The Morgan fingerprint density at radius 1 is 0.759 bits per heavy atom. The van der Waals surface area contributed by atoms with Crippen molar-refractivity contribution in [2.45, 2.75) is 20.8 Å². The van der Waals surface area contributed by atoms with E-state index < -0.39 is 0 Å². The fourth-order valence-electron chi connectivity index (χ4n) is 3.37. The molecule has 29 heavy (non-hydrogen) atoms. The van der Waals surface area contributed by atoms with Gasteiger partial charge in [0.05, 0.1) is 12.2 Å². The Morgan fingerprint density at radius 2 is 1.34 bits per heavy atom. The number of amides is 2. The van der Waals surface area contributed by atoms with E-state index in [1.165, 1.54) is 4.90 Å². The number of hydrogen-bond donors (Lipinski definition) is 0. The molecule has 0 radical (unpaired) electrons. The Bertz CT molecular complexity index is 991. The van der Waals surface area contributed by atoms with E-state index in [2.05, 4.69) is 0 Å². The lowest BCUT2D eigenvalue weighted by Crippen LogP contribution is -2.43. The molecule has 0 saturated carbocycles. The first-order valence-corrected chi connectivity index (χ1v) is 9.65. The van der Waals surface area contributed by atoms with Crippen LogP contribution in [0.2, 0.25) is 0 Å². The first-order chi connectivity index (χ1) is 13.9. The molecule has 0 aliphatic heterocycles. The zero-order valence-electron chi connectivity index (χ0n) is 17.3. The Hall–Kier alpha value is -3.40. The third-order valence-electron chi connectivity index (χ3n) is 4.98. The quantitative estimate of drug-likeness (QED) is 0.625. The molecular weight excluding hydrogens is 360 g/mol. The van der Waals surface area contributed by atoms with Gasteiger partial charge in [-0.25, -0.2) is 4.90 Å². The van der Waals surface area contributed by atoms with Crippen LogP contribution in [-0.4, -0.2) is 25.4 Å². The Balaban J connectivity index is 1.97. The summed E-state index contributed by atoms with van der Waals surface area (Å²) in [5.74, 6) is -0.579. The van der Waals surface area contributed by atoms with Crippen molar-refractivity contribution in [1.82, 2.24) is 0 Å². The summed E-state index contributed by atoms with van der Waals surface area (Å²) in [6.45, 7) is 5.96. The van der Waals surface area contributed by atoms with Crippen molar-refractivity contribution < 1.29 is 9.59 Å². The lowest BCUT2D eigenvalue weighted by molar-refractivity contribution is -0.116. The van der Waals surface area contributed by atoms with Crippen LogP contribution in [0.3, 0.4) is 0 Å². The molecule has 0 unspecified atom stereocenters. The molecule has 3 rings (SSSR count). The lowest BCUT2D eigenvalue weighted by atomic mass is 10.1. The highest BCUT2D eigenvalue weighted by atomic mass is 16.2. The van der Waals surface area contributed by atoms with Crippen molar-refractivity contribution in [3.8, 4) is 0 Å². The van der Waals surface area contributed by atoms with Crippen molar-refractivity contribution >= 4 is 23.2 Å². The zero-order valence-corrected chi connectivity index (χ0v) is 17.3. The van der Waals surface area contributed by atoms with Crippen molar-refractivity contribution in [3.05, 3.63) is 95.1 Å². The maximum absolute atomic E-state index is 13.4. The number of nitrogens with zero attached hydrogens (tertiary/aromatic N) is 2. The molecule has 0 N–H and O–H groups in total. The normalized spacial score (nSPS) is 10.5. The summed E-state index contributed by atoms with van der Waals surface area (Å²) in [6, 6.07) is 22.7. The highest BCUT2D eigenvalue weighted by Gasteiger charge is 2.28. The van der Waals surface area contributed by atoms with Gasteiger partial charge in [-0.05, 0) is 56.2 Å². The Morgan fingerprint density at radius 3 is 1.93 bits per heavy atom. The summed E-state index contributed by atoms with van der Waals surface area (Å²) in [7, 11) is 1.86. The summed E-state index contributed by atoms with van der Waals surface area (Å²) in [6.07, 6.45) is 0. The number of aryl methyl sites for hydroxylation is 3. The fourth-order valence-corrected chi connectivity index (χ4v) is 3.37. The lowest BCUT2D eigenvalue weighted by Gasteiger charge is -2.27. The second kappa shape index (κ2) is 8.74. The van der Waals surface area contributed by atoms with Gasteiger partial charge in [-0.2, -0.15) is 0 Å². The molecule has 2 amide bonds. The Labute approximate surface area is 172 Å². The van der Waals surface area contributed by atoms with E-state index in [4.69, 9.17) is 0 Å². The maximum Gasteiger partial charge on any atom is 0.265 e. The first kappa shape index (κ1) is 20.3. The summed E-state index contributed by atoms with van der Waals surface area (Å²) >= 11 is 0. The molecule has 0 spiro atoms. The monoisotopic (exact) mass is 386 g/mol. The minimum Gasteiger partial charge on any atom is -0.365 e. The van der Waals surface area contributed by atoms with Crippen LogP contribution in [-0.2, 0) is 4.79 Å². The van der Waals surface area contributed by atoms with Gasteiger partial charge in [0.15, 0.2) is 0 Å². The molecule has 3 aromatic rings. The van der Waals surface area contributed by atoms with Gasteiger partial charge in [-0.1, -0.05) is 54.1 Å². The van der Waals surface area contributed by atoms with Crippen LogP contribution in [0.5, 0.6) is 0 Å². The second-order valence-corrected chi connectivity index (χ2v) is 7.33. The van der Waals surface area contributed by atoms with Crippen molar-refractivity contribution in [1.29, 1.82) is 0 Å². The van der Waals surface area contributed by atoms with Crippen LogP contribution in [0, 0.1) is 20.8 Å². The number of carbonyl (C=O) groups excluding carboxylic acids is 2. The maximum atomic E-state index is 13.4. The Kier molecular flexibility index (Phi) is 6.13. The molecule has 0 aliphatic rings. The number of anilines is 2. The van der Waals surface area contributed by atoms with Gasteiger partial charge >= 0.3 is 0 Å². The standard InChI is InChI=1S/C25H26N2O2/c1-18-13-15-22(16-14-18)26(4)17-23(28)27(24-19(2)9-8-10-20(24)3)25(29)21-11-6-5-7-12-21/h5-16H,17H2,1-4H3. The van der Waals surface area contributed by atoms with Crippen LogP contribution in [0.15, 0.2) is 72.8 Å². The summed E-state index contributed by atoms with van der Waals surface area (Å²) in [4.78, 5) is 29.9. The highest BCUT2D eigenvalue weighted by Crippen LogP contribution is 2.27. The number of benzene rings is 3. The molecule has 4 nitrogen and oxygen atoms in total. The molecule has 148 valence electrons. The molecule has 0 bridgehead atoms. The van der Waals surface area contributed by atoms with Crippen LogP contribution in [0.4, 0.5) is 11.4 Å². The molecule has 0 fully saturated rings. The topological polar surface area (TPSA) is 40.6 Å². The molecule has 4 heteroatoms. The van der Waals surface area contributed by atoms with Crippen molar-refractivity contribution in [3.63, 3.8) is 0 Å². The summed E-state index contributed by atoms with van der Waals surface area (Å²) in [5, 5.41) is 0. The van der Waals surface area contributed by atoms with Crippen LogP contribution < -0.4 is 9.80 Å². The van der Waals surface area contributed by atoms with Gasteiger partial charge in [-0.15, -0.1) is 0 Å². The van der Waals surface area contributed by atoms with Gasteiger partial charge in [0.25, 0.3) is 11.8 Å². The largest absolute Gasteiger partial charge is 0.365 e.